The van der Waals surface area contributed by atoms with Crippen LogP contribution in [0.15, 0.2) is 24.3 Å². The minimum atomic E-state index is 0.781. The van der Waals surface area contributed by atoms with Gasteiger partial charge in [0, 0.05) is 6.54 Å². The minimum absolute atomic E-state index is 0.781. The summed E-state index contributed by atoms with van der Waals surface area (Å²) >= 11 is 0. The lowest BCUT2D eigenvalue weighted by Gasteiger charge is -2.18. The van der Waals surface area contributed by atoms with E-state index in [-0.39, 0.29) is 0 Å². The summed E-state index contributed by atoms with van der Waals surface area (Å²) in [6, 6.07) is 9.17. The fourth-order valence-electron chi connectivity index (χ4n) is 3.61. The van der Waals surface area contributed by atoms with E-state index in [1.54, 1.807) is 0 Å². The summed E-state index contributed by atoms with van der Waals surface area (Å²) in [7, 11) is 0. The SMILES string of the molecule is Cc1ccc2cc(CN3CCCC3)c3c(c2c1)COC3. The summed E-state index contributed by atoms with van der Waals surface area (Å²) in [5.41, 5.74) is 5.70. The Hall–Kier alpha value is -1.38. The number of hydrogen-bond acceptors (Lipinski definition) is 2. The van der Waals surface area contributed by atoms with Crippen LogP contribution in [-0.2, 0) is 24.5 Å². The molecule has 0 bridgehead atoms. The summed E-state index contributed by atoms with van der Waals surface area (Å²) in [4.78, 5) is 2.58. The second kappa shape index (κ2) is 4.87. The molecule has 0 N–H and O–H groups in total. The fourth-order valence-corrected chi connectivity index (χ4v) is 3.61. The van der Waals surface area contributed by atoms with Crippen LogP contribution in [0.1, 0.15) is 35.1 Å². The molecule has 2 nitrogen and oxygen atoms in total. The zero-order chi connectivity index (χ0) is 13.5. The van der Waals surface area contributed by atoms with Gasteiger partial charge in [0.05, 0.1) is 13.2 Å². The standard InChI is InChI=1S/C18H21NO/c1-13-4-5-14-9-15(10-19-6-2-3-7-19)17-11-20-12-18(17)16(14)8-13/h4-5,8-9H,2-3,6-7,10-12H2,1H3. The van der Waals surface area contributed by atoms with Crippen molar-refractivity contribution in [3.05, 3.63) is 46.5 Å². The summed E-state index contributed by atoms with van der Waals surface area (Å²) in [6.07, 6.45) is 2.71. The Labute approximate surface area is 120 Å². The molecule has 0 aliphatic carbocycles. The van der Waals surface area contributed by atoms with Crippen LogP contribution in [0.2, 0.25) is 0 Å². The van der Waals surface area contributed by atoms with Gasteiger partial charge in [-0.05, 0) is 66.4 Å². The lowest BCUT2D eigenvalue weighted by Crippen LogP contribution is -2.19. The van der Waals surface area contributed by atoms with Gasteiger partial charge in [0.15, 0.2) is 0 Å². The first-order valence-corrected chi connectivity index (χ1v) is 7.65. The molecule has 2 aliphatic heterocycles. The number of nitrogens with zero attached hydrogens (tertiary/aromatic N) is 1. The van der Waals surface area contributed by atoms with Crippen LogP contribution in [0.4, 0.5) is 0 Å². The first-order chi connectivity index (χ1) is 9.81. The smallest absolute Gasteiger partial charge is 0.0731 e. The van der Waals surface area contributed by atoms with Crippen molar-refractivity contribution in [3.8, 4) is 0 Å². The highest BCUT2D eigenvalue weighted by Crippen LogP contribution is 2.33. The van der Waals surface area contributed by atoms with Crippen LogP contribution >= 0.6 is 0 Å². The van der Waals surface area contributed by atoms with E-state index in [0.717, 1.165) is 19.8 Å². The molecule has 20 heavy (non-hydrogen) atoms. The van der Waals surface area contributed by atoms with Crippen molar-refractivity contribution in [2.45, 2.75) is 39.5 Å². The van der Waals surface area contributed by atoms with Gasteiger partial charge in [-0.1, -0.05) is 23.8 Å². The summed E-state index contributed by atoms with van der Waals surface area (Å²) in [6.45, 7) is 7.34. The number of rotatable bonds is 2. The van der Waals surface area contributed by atoms with E-state index in [4.69, 9.17) is 4.74 Å². The molecule has 1 fully saturated rings. The van der Waals surface area contributed by atoms with Crippen molar-refractivity contribution in [1.29, 1.82) is 0 Å². The third kappa shape index (κ3) is 2.04. The van der Waals surface area contributed by atoms with Gasteiger partial charge in [0.2, 0.25) is 0 Å². The van der Waals surface area contributed by atoms with Gasteiger partial charge >= 0.3 is 0 Å². The van der Waals surface area contributed by atoms with Gasteiger partial charge in [-0.2, -0.15) is 0 Å². The Bertz CT molecular complexity index is 656. The first kappa shape index (κ1) is 12.4. The maximum Gasteiger partial charge on any atom is 0.0731 e. The second-order valence-corrected chi connectivity index (χ2v) is 6.19. The summed E-state index contributed by atoms with van der Waals surface area (Å²) in [5.74, 6) is 0. The predicted octanol–water partition coefficient (Wildman–Crippen LogP) is 3.77. The van der Waals surface area contributed by atoms with Gasteiger partial charge < -0.3 is 4.74 Å². The highest BCUT2D eigenvalue weighted by atomic mass is 16.5. The molecule has 0 amide bonds. The van der Waals surface area contributed by atoms with Gasteiger partial charge in [-0.3, -0.25) is 4.90 Å². The van der Waals surface area contributed by atoms with E-state index in [1.807, 2.05) is 0 Å². The van der Waals surface area contributed by atoms with Gasteiger partial charge in [-0.15, -0.1) is 0 Å². The molecule has 2 heterocycles. The van der Waals surface area contributed by atoms with Crippen LogP contribution in [0, 0.1) is 6.92 Å². The Balaban J connectivity index is 1.82. The van der Waals surface area contributed by atoms with Crippen molar-refractivity contribution >= 4 is 10.8 Å². The van der Waals surface area contributed by atoms with Gasteiger partial charge in [0.25, 0.3) is 0 Å². The number of aryl methyl sites for hydroxylation is 1. The van der Waals surface area contributed by atoms with Crippen LogP contribution in [-0.4, -0.2) is 18.0 Å². The van der Waals surface area contributed by atoms with Crippen molar-refractivity contribution in [3.63, 3.8) is 0 Å². The molecule has 2 aromatic carbocycles. The maximum absolute atomic E-state index is 5.75. The second-order valence-electron chi connectivity index (χ2n) is 6.19. The van der Waals surface area contributed by atoms with E-state index < -0.39 is 0 Å². The zero-order valence-electron chi connectivity index (χ0n) is 12.1. The minimum Gasteiger partial charge on any atom is -0.372 e. The zero-order valence-corrected chi connectivity index (χ0v) is 12.1. The third-order valence-corrected chi connectivity index (χ3v) is 4.70. The average molecular weight is 267 g/mol. The average Bonchev–Trinajstić information content (AvgIpc) is 3.10. The molecule has 2 heteroatoms. The van der Waals surface area contributed by atoms with Crippen LogP contribution in [0.3, 0.4) is 0 Å². The molecular weight excluding hydrogens is 246 g/mol. The van der Waals surface area contributed by atoms with Crippen molar-refractivity contribution in [1.82, 2.24) is 4.90 Å². The van der Waals surface area contributed by atoms with Crippen LogP contribution in [0.5, 0.6) is 0 Å². The molecule has 2 aromatic rings. The predicted molar refractivity (Wildman–Crippen MR) is 81.7 cm³/mol. The lowest BCUT2D eigenvalue weighted by molar-refractivity contribution is 0.134. The normalized spacial score (nSPS) is 18.9. The highest BCUT2D eigenvalue weighted by molar-refractivity contribution is 5.88. The fraction of sp³-hybridized carbons (Fsp3) is 0.444. The maximum atomic E-state index is 5.75. The van der Waals surface area contributed by atoms with Crippen molar-refractivity contribution in [2.24, 2.45) is 0 Å². The van der Waals surface area contributed by atoms with Crippen molar-refractivity contribution in [2.75, 3.05) is 13.1 Å². The van der Waals surface area contributed by atoms with E-state index in [1.165, 1.54) is 59.0 Å². The van der Waals surface area contributed by atoms with E-state index in [0.29, 0.717) is 0 Å². The van der Waals surface area contributed by atoms with Crippen LogP contribution < -0.4 is 0 Å². The molecule has 104 valence electrons. The number of fused-ring (bicyclic) bond motifs is 3. The summed E-state index contributed by atoms with van der Waals surface area (Å²) in [5, 5.41) is 2.76. The van der Waals surface area contributed by atoms with Gasteiger partial charge in [0.1, 0.15) is 0 Å². The number of hydrogen-bond donors (Lipinski definition) is 0. The Kier molecular flexibility index (Phi) is 3.01. The molecule has 0 aromatic heterocycles. The van der Waals surface area contributed by atoms with Crippen molar-refractivity contribution < 1.29 is 4.74 Å². The Morgan fingerprint density at radius 2 is 1.85 bits per heavy atom. The largest absolute Gasteiger partial charge is 0.372 e. The van der Waals surface area contributed by atoms with E-state index >= 15 is 0 Å². The highest BCUT2D eigenvalue weighted by Gasteiger charge is 2.21. The van der Waals surface area contributed by atoms with Gasteiger partial charge in [-0.25, -0.2) is 0 Å². The molecule has 0 spiro atoms. The molecule has 0 unspecified atom stereocenters. The quantitative estimate of drug-likeness (QED) is 0.821. The summed E-state index contributed by atoms with van der Waals surface area (Å²) < 4.78 is 5.75. The molecule has 2 aliphatic rings. The third-order valence-electron chi connectivity index (χ3n) is 4.70. The molecule has 0 atom stereocenters. The molecule has 0 radical (unpaired) electrons. The van der Waals surface area contributed by atoms with E-state index in [2.05, 4.69) is 36.1 Å². The van der Waals surface area contributed by atoms with Crippen LogP contribution in [0.25, 0.3) is 10.8 Å². The Morgan fingerprint density at radius 3 is 2.70 bits per heavy atom. The number of likely N-dealkylation sites (tertiary alicyclic amines) is 1. The number of ether oxygens (including phenoxy) is 1. The Morgan fingerprint density at radius 1 is 1.05 bits per heavy atom. The molecule has 1 saturated heterocycles. The lowest BCUT2D eigenvalue weighted by atomic mass is 9.94. The number of benzene rings is 2. The molecular formula is C18H21NO. The molecule has 4 rings (SSSR count). The topological polar surface area (TPSA) is 12.5 Å². The molecule has 0 saturated carbocycles. The first-order valence-electron chi connectivity index (χ1n) is 7.65. The monoisotopic (exact) mass is 267 g/mol. The van der Waals surface area contributed by atoms with E-state index in [9.17, 15) is 0 Å².